The average molecular weight is 249 g/mol. The van der Waals surface area contributed by atoms with E-state index in [0.29, 0.717) is 4.88 Å². The molecule has 2 rings (SSSR count). The van der Waals surface area contributed by atoms with Gasteiger partial charge in [0.1, 0.15) is 9.88 Å². The quantitative estimate of drug-likeness (QED) is 0.779. The number of aromatic nitrogens is 3. The number of thiazole rings is 1. The third kappa shape index (κ3) is 2.59. The van der Waals surface area contributed by atoms with Crippen LogP contribution in [0.3, 0.4) is 0 Å². The molecule has 5 nitrogen and oxygen atoms in total. The number of ether oxygens (including phenoxy) is 1. The van der Waals surface area contributed by atoms with Gasteiger partial charge >= 0.3 is 5.97 Å². The van der Waals surface area contributed by atoms with Crippen LogP contribution < -0.4 is 0 Å². The standard InChI is InChI=1S/C11H11N3O2S/c1-14-8(5-6-13-14)3-4-10-12-7-9(17-10)11(15)16-2/h3-7H,1-2H3/b4-3-. The second-order valence-corrected chi connectivity index (χ2v) is 4.33. The van der Waals surface area contributed by atoms with E-state index in [1.165, 1.54) is 24.6 Å². The molecule has 2 aromatic rings. The van der Waals surface area contributed by atoms with Gasteiger partial charge in [0, 0.05) is 13.2 Å². The lowest BCUT2D eigenvalue weighted by molar-refractivity contribution is 0.0606. The van der Waals surface area contributed by atoms with Crippen molar-refractivity contribution in [3.63, 3.8) is 0 Å². The van der Waals surface area contributed by atoms with Crippen LogP contribution in [0.25, 0.3) is 12.2 Å². The summed E-state index contributed by atoms with van der Waals surface area (Å²) in [7, 11) is 3.22. The largest absolute Gasteiger partial charge is 0.465 e. The molecule has 0 saturated carbocycles. The highest BCUT2D eigenvalue weighted by atomic mass is 32.1. The van der Waals surface area contributed by atoms with Crippen molar-refractivity contribution < 1.29 is 9.53 Å². The van der Waals surface area contributed by atoms with Gasteiger partial charge in [0.25, 0.3) is 0 Å². The van der Waals surface area contributed by atoms with Gasteiger partial charge in [-0.25, -0.2) is 9.78 Å². The van der Waals surface area contributed by atoms with Gasteiger partial charge in [-0.3, -0.25) is 4.68 Å². The van der Waals surface area contributed by atoms with Gasteiger partial charge in [-0.15, -0.1) is 11.3 Å². The minimum absolute atomic E-state index is 0.359. The smallest absolute Gasteiger partial charge is 0.349 e. The van der Waals surface area contributed by atoms with Crippen LogP contribution in [0.4, 0.5) is 0 Å². The predicted molar refractivity (Wildman–Crippen MR) is 65.6 cm³/mol. The zero-order valence-corrected chi connectivity index (χ0v) is 10.3. The van der Waals surface area contributed by atoms with Crippen molar-refractivity contribution in [3.05, 3.63) is 34.0 Å². The molecule has 0 amide bonds. The molecule has 0 aliphatic carbocycles. The Morgan fingerprint density at radius 2 is 2.35 bits per heavy atom. The average Bonchev–Trinajstić information content (AvgIpc) is 2.94. The highest BCUT2D eigenvalue weighted by Crippen LogP contribution is 2.16. The summed E-state index contributed by atoms with van der Waals surface area (Å²) in [6.45, 7) is 0. The van der Waals surface area contributed by atoms with Gasteiger partial charge < -0.3 is 4.74 Å². The van der Waals surface area contributed by atoms with Crippen LogP contribution in [0, 0.1) is 0 Å². The van der Waals surface area contributed by atoms with E-state index >= 15 is 0 Å². The first-order valence-electron chi connectivity index (χ1n) is 4.91. The lowest BCUT2D eigenvalue weighted by Gasteiger charge is -1.92. The summed E-state index contributed by atoms with van der Waals surface area (Å²) in [5, 5.41) is 4.81. The van der Waals surface area contributed by atoms with Crippen molar-refractivity contribution in [3.8, 4) is 0 Å². The number of carbonyl (C=O) groups excluding carboxylic acids is 1. The SMILES string of the molecule is COC(=O)c1cnc(/C=C\c2ccnn2C)s1. The molecule has 0 radical (unpaired) electrons. The number of aryl methyl sites for hydroxylation is 1. The van der Waals surface area contributed by atoms with Crippen LogP contribution in [-0.2, 0) is 11.8 Å². The van der Waals surface area contributed by atoms with Crippen LogP contribution >= 0.6 is 11.3 Å². The molecule has 17 heavy (non-hydrogen) atoms. The number of carbonyl (C=O) groups is 1. The predicted octanol–water partition coefficient (Wildman–Crippen LogP) is 1.83. The van der Waals surface area contributed by atoms with Gasteiger partial charge in [0.15, 0.2) is 0 Å². The molecule has 0 fully saturated rings. The van der Waals surface area contributed by atoms with E-state index in [1.807, 2.05) is 25.3 Å². The van der Waals surface area contributed by atoms with Crippen LogP contribution in [0.2, 0.25) is 0 Å². The Labute approximate surface area is 102 Å². The second-order valence-electron chi connectivity index (χ2n) is 3.27. The number of rotatable bonds is 3. The zero-order chi connectivity index (χ0) is 12.3. The molecule has 0 aromatic carbocycles. The molecular formula is C11H11N3O2S. The summed E-state index contributed by atoms with van der Waals surface area (Å²) < 4.78 is 6.37. The molecule has 0 saturated heterocycles. The van der Waals surface area contributed by atoms with Gasteiger partial charge in [0.05, 0.1) is 19.0 Å². The highest BCUT2D eigenvalue weighted by Gasteiger charge is 2.08. The third-order valence-electron chi connectivity index (χ3n) is 2.17. The number of esters is 1. The van der Waals surface area contributed by atoms with Gasteiger partial charge in [-0.1, -0.05) is 0 Å². The van der Waals surface area contributed by atoms with Crippen molar-refractivity contribution in [1.29, 1.82) is 0 Å². The molecule has 0 aliphatic rings. The molecule has 2 aromatic heterocycles. The summed E-state index contributed by atoms with van der Waals surface area (Å²) in [4.78, 5) is 15.8. The Morgan fingerprint density at radius 3 is 3.00 bits per heavy atom. The Balaban J connectivity index is 2.14. The van der Waals surface area contributed by atoms with E-state index in [2.05, 4.69) is 14.8 Å². The number of hydrogen-bond acceptors (Lipinski definition) is 5. The molecule has 88 valence electrons. The minimum Gasteiger partial charge on any atom is -0.465 e. The number of nitrogens with zero attached hydrogens (tertiary/aromatic N) is 3. The lowest BCUT2D eigenvalue weighted by atomic mass is 10.4. The fourth-order valence-electron chi connectivity index (χ4n) is 1.26. The monoisotopic (exact) mass is 249 g/mol. The van der Waals surface area contributed by atoms with Crippen LogP contribution in [0.5, 0.6) is 0 Å². The summed E-state index contributed by atoms with van der Waals surface area (Å²) in [5.74, 6) is -0.359. The van der Waals surface area contributed by atoms with Crippen LogP contribution in [-0.4, -0.2) is 27.8 Å². The van der Waals surface area contributed by atoms with E-state index in [9.17, 15) is 4.79 Å². The summed E-state index contributed by atoms with van der Waals surface area (Å²) in [5.41, 5.74) is 0.972. The topological polar surface area (TPSA) is 57.0 Å². The number of methoxy groups -OCH3 is 1. The van der Waals surface area contributed by atoms with Crippen molar-refractivity contribution in [2.24, 2.45) is 7.05 Å². The Hall–Kier alpha value is -1.95. The maximum Gasteiger partial charge on any atom is 0.349 e. The zero-order valence-electron chi connectivity index (χ0n) is 9.45. The second kappa shape index (κ2) is 4.92. The molecule has 2 heterocycles. The molecule has 0 spiro atoms. The van der Waals surface area contributed by atoms with E-state index in [0.717, 1.165) is 10.7 Å². The van der Waals surface area contributed by atoms with E-state index < -0.39 is 0 Å². The van der Waals surface area contributed by atoms with Crippen molar-refractivity contribution in [1.82, 2.24) is 14.8 Å². The van der Waals surface area contributed by atoms with E-state index in [4.69, 9.17) is 0 Å². The molecule has 0 N–H and O–H groups in total. The van der Waals surface area contributed by atoms with Gasteiger partial charge in [-0.05, 0) is 18.2 Å². The fourth-order valence-corrected chi connectivity index (χ4v) is 2.00. The van der Waals surface area contributed by atoms with E-state index in [-0.39, 0.29) is 5.97 Å². The lowest BCUT2D eigenvalue weighted by Crippen LogP contribution is -1.96. The van der Waals surface area contributed by atoms with Crippen LogP contribution in [0.1, 0.15) is 20.4 Å². The minimum atomic E-state index is -0.359. The molecule has 0 atom stereocenters. The Morgan fingerprint density at radius 1 is 1.53 bits per heavy atom. The first-order chi connectivity index (χ1) is 8.20. The highest BCUT2D eigenvalue weighted by molar-refractivity contribution is 7.14. The normalized spacial score (nSPS) is 10.9. The molecule has 0 bridgehead atoms. The van der Waals surface area contributed by atoms with Crippen molar-refractivity contribution in [2.45, 2.75) is 0 Å². The first kappa shape index (κ1) is 11.5. The molecule has 0 unspecified atom stereocenters. The van der Waals surface area contributed by atoms with Crippen molar-refractivity contribution in [2.75, 3.05) is 7.11 Å². The van der Waals surface area contributed by atoms with Crippen molar-refractivity contribution >= 4 is 29.5 Å². The Kier molecular flexibility index (Phi) is 3.34. The Bertz CT molecular complexity index is 557. The maximum atomic E-state index is 11.2. The third-order valence-corrected chi connectivity index (χ3v) is 3.11. The fraction of sp³-hybridized carbons (Fsp3) is 0.182. The summed E-state index contributed by atoms with van der Waals surface area (Å²) >= 11 is 1.29. The molecular weight excluding hydrogens is 238 g/mol. The summed E-state index contributed by atoms with van der Waals surface area (Å²) in [6, 6.07) is 1.89. The maximum absolute atomic E-state index is 11.2. The number of hydrogen-bond donors (Lipinski definition) is 0. The van der Waals surface area contributed by atoms with Crippen LogP contribution in [0.15, 0.2) is 18.5 Å². The molecule has 0 aliphatic heterocycles. The summed E-state index contributed by atoms with van der Waals surface area (Å²) in [6.07, 6.45) is 6.97. The first-order valence-corrected chi connectivity index (χ1v) is 5.72. The van der Waals surface area contributed by atoms with Gasteiger partial charge in [-0.2, -0.15) is 5.10 Å². The molecule has 6 heteroatoms. The van der Waals surface area contributed by atoms with Gasteiger partial charge in [0.2, 0.25) is 0 Å². The van der Waals surface area contributed by atoms with E-state index in [1.54, 1.807) is 10.9 Å².